The molecule has 2 aromatic heterocycles. The van der Waals surface area contributed by atoms with Crippen molar-refractivity contribution in [2.75, 3.05) is 7.11 Å². The van der Waals surface area contributed by atoms with E-state index in [0.717, 1.165) is 16.4 Å². The average molecular weight is 265 g/mol. The molecule has 0 atom stereocenters. The predicted octanol–water partition coefficient (Wildman–Crippen LogP) is 1.51. The van der Waals surface area contributed by atoms with Gasteiger partial charge in [0.05, 0.1) is 25.2 Å². The third-order valence-corrected chi connectivity index (χ3v) is 3.59. The molecule has 18 heavy (non-hydrogen) atoms. The molecule has 0 saturated carbocycles. The van der Waals surface area contributed by atoms with Gasteiger partial charge in [-0.15, -0.1) is 11.3 Å². The minimum Gasteiger partial charge on any atom is -0.378 e. The molecule has 2 rings (SSSR count). The molecule has 0 spiro atoms. The smallest absolute Gasteiger partial charge is 0.256 e. The lowest BCUT2D eigenvalue weighted by Crippen LogP contribution is -2.24. The minimum atomic E-state index is -0.0104. The van der Waals surface area contributed by atoms with Crippen molar-refractivity contribution in [3.63, 3.8) is 0 Å². The van der Waals surface area contributed by atoms with E-state index in [9.17, 15) is 4.79 Å². The number of aryl methyl sites for hydroxylation is 1. The Hall–Kier alpha value is -1.53. The minimum absolute atomic E-state index is 0.0104. The fourth-order valence-corrected chi connectivity index (χ4v) is 2.33. The Morgan fingerprint density at radius 1 is 1.44 bits per heavy atom. The van der Waals surface area contributed by atoms with Crippen molar-refractivity contribution in [1.29, 1.82) is 0 Å². The highest BCUT2D eigenvalue weighted by Gasteiger charge is 2.07. The van der Waals surface area contributed by atoms with Gasteiger partial charge in [0.15, 0.2) is 0 Å². The zero-order valence-electron chi connectivity index (χ0n) is 10.6. The normalized spacial score (nSPS) is 10.8. The van der Waals surface area contributed by atoms with Crippen molar-refractivity contribution in [3.8, 4) is 0 Å². The first-order valence-corrected chi connectivity index (χ1v) is 6.44. The Morgan fingerprint density at radius 2 is 2.22 bits per heavy atom. The molecule has 0 aliphatic heterocycles. The van der Waals surface area contributed by atoms with E-state index in [-0.39, 0.29) is 5.56 Å². The van der Waals surface area contributed by atoms with E-state index in [0.29, 0.717) is 18.7 Å². The van der Waals surface area contributed by atoms with Crippen molar-refractivity contribution < 1.29 is 4.74 Å². The summed E-state index contributed by atoms with van der Waals surface area (Å²) >= 11 is 1.53. The number of aromatic nitrogens is 3. The number of hydrogen-bond donors (Lipinski definition) is 0. The van der Waals surface area contributed by atoms with Crippen LogP contribution in [0, 0.1) is 13.8 Å². The summed E-state index contributed by atoms with van der Waals surface area (Å²) in [7, 11) is 1.64. The highest BCUT2D eigenvalue weighted by molar-refractivity contribution is 7.09. The van der Waals surface area contributed by atoms with Gasteiger partial charge in [0.2, 0.25) is 0 Å². The molecule has 6 heteroatoms. The molecule has 2 aromatic rings. The molecule has 0 radical (unpaired) electrons. The van der Waals surface area contributed by atoms with E-state index in [1.165, 1.54) is 11.3 Å². The molecule has 0 aliphatic rings. The maximum atomic E-state index is 12.0. The van der Waals surface area contributed by atoms with Crippen LogP contribution in [0.1, 0.15) is 22.0 Å². The van der Waals surface area contributed by atoms with Crippen LogP contribution in [-0.4, -0.2) is 21.6 Å². The summed E-state index contributed by atoms with van der Waals surface area (Å²) in [6.45, 7) is 4.58. The molecule has 0 bridgehead atoms. The van der Waals surface area contributed by atoms with Gasteiger partial charge in [0.1, 0.15) is 5.01 Å². The number of ether oxygens (including phenoxy) is 1. The third kappa shape index (κ3) is 2.65. The lowest BCUT2D eigenvalue weighted by Gasteiger charge is -2.05. The van der Waals surface area contributed by atoms with Crippen LogP contribution in [0.2, 0.25) is 0 Å². The van der Waals surface area contributed by atoms with Crippen molar-refractivity contribution in [2.45, 2.75) is 27.0 Å². The van der Waals surface area contributed by atoms with E-state index in [1.807, 2.05) is 12.3 Å². The fourth-order valence-electron chi connectivity index (χ4n) is 1.57. The second-order valence-corrected chi connectivity index (χ2v) is 5.00. The summed E-state index contributed by atoms with van der Waals surface area (Å²) in [5.41, 5.74) is 2.31. The molecule has 96 valence electrons. The van der Waals surface area contributed by atoms with Gasteiger partial charge in [-0.1, -0.05) is 0 Å². The number of rotatable bonds is 4. The van der Waals surface area contributed by atoms with Crippen LogP contribution < -0.4 is 5.56 Å². The molecular weight excluding hydrogens is 250 g/mol. The Labute approximate surface area is 109 Å². The molecule has 0 aromatic carbocycles. The fraction of sp³-hybridized carbons (Fsp3) is 0.417. The summed E-state index contributed by atoms with van der Waals surface area (Å²) in [6, 6.07) is 0. The average Bonchev–Trinajstić information content (AvgIpc) is 2.78. The van der Waals surface area contributed by atoms with Crippen LogP contribution in [-0.2, 0) is 17.9 Å². The maximum Gasteiger partial charge on any atom is 0.256 e. The second kappa shape index (κ2) is 5.41. The summed E-state index contributed by atoms with van der Waals surface area (Å²) in [6.07, 6.45) is 1.57. The van der Waals surface area contributed by atoms with E-state index < -0.39 is 0 Å². The van der Waals surface area contributed by atoms with Crippen molar-refractivity contribution in [1.82, 2.24) is 14.5 Å². The van der Waals surface area contributed by atoms with Crippen LogP contribution >= 0.6 is 11.3 Å². The van der Waals surface area contributed by atoms with Crippen LogP contribution in [0.4, 0.5) is 0 Å². The van der Waals surface area contributed by atoms with Crippen LogP contribution in [0.25, 0.3) is 0 Å². The lowest BCUT2D eigenvalue weighted by molar-refractivity contribution is 0.184. The Morgan fingerprint density at radius 3 is 2.94 bits per heavy atom. The molecule has 0 amide bonds. The SMILES string of the molecule is COCc1nc(Cn2cnc(C)c(C)c2=O)cs1. The topological polar surface area (TPSA) is 57.0 Å². The standard InChI is InChI=1S/C12H15N3O2S/c1-8-9(2)13-7-15(12(8)16)4-10-6-18-11(14-10)5-17-3/h6-7H,4-5H2,1-3H3. The zero-order chi connectivity index (χ0) is 13.1. The van der Waals surface area contributed by atoms with Gasteiger partial charge in [0.25, 0.3) is 5.56 Å². The maximum absolute atomic E-state index is 12.0. The van der Waals surface area contributed by atoms with Gasteiger partial charge in [-0.25, -0.2) is 9.97 Å². The summed E-state index contributed by atoms with van der Waals surface area (Å²) < 4.78 is 6.59. The van der Waals surface area contributed by atoms with Crippen molar-refractivity contribution in [3.05, 3.63) is 44.0 Å². The first-order valence-electron chi connectivity index (χ1n) is 5.56. The first kappa shape index (κ1) is 12.9. The summed E-state index contributed by atoms with van der Waals surface area (Å²) in [4.78, 5) is 20.6. The van der Waals surface area contributed by atoms with Crippen molar-refractivity contribution in [2.24, 2.45) is 0 Å². The molecular formula is C12H15N3O2S. The predicted molar refractivity (Wildman–Crippen MR) is 69.9 cm³/mol. The summed E-state index contributed by atoms with van der Waals surface area (Å²) in [5.74, 6) is 0. The van der Waals surface area contributed by atoms with Gasteiger partial charge in [0, 0.05) is 23.7 Å². The Kier molecular flexibility index (Phi) is 3.88. The van der Waals surface area contributed by atoms with Gasteiger partial charge in [-0.3, -0.25) is 9.36 Å². The molecule has 0 aliphatic carbocycles. The number of nitrogens with zero attached hydrogens (tertiary/aromatic N) is 3. The third-order valence-electron chi connectivity index (χ3n) is 2.71. The number of methoxy groups -OCH3 is 1. The quantitative estimate of drug-likeness (QED) is 0.841. The molecule has 0 saturated heterocycles. The van der Waals surface area contributed by atoms with E-state index >= 15 is 0 Å². The van der Waals surface area contributed by atoms with Crippen LogP contribution in [0.5, 0.6) is 0 Å². The zero-order valence-corrected chi connectivity index (χ0v) is 11.5. The van der Waals surface area contributed by atoms with Gasteiger partial charge in [-0.2, -0.15) is 0 Å². The second-order valence-electron chi connectivity index (χ2n) is 4.05. The monoisotopic (exact) mass is 265 g/mol. The van der Waals surface area contributed by atoms with Crippen LogP contribution in [0.15, 0.2) is 16.5 Å². The molecule has 0 unspecified atom stereocenters. The van der Waals surface area contributed by atoms with Gasteiger partial charge in [-0.05, 0) is 13.8 Å². The van der Waals surface area contributed by atoms with E-state index in [2.05, 4.69) is 9.97 Å². The van der Waals surface area contributed by atoms with E-state index in [4.69, 9.17) is 4.74 Å². The Bertz CT molecular complexity index is 604. The van der Waals surface area contributed by atoms with E-state index in [1.54, 1.807) is 24.9 Å². The Balaban J connectivity index is 2.23. The largest absolute Gasteiger partial charge is 0.378 e. The lowest BCUT2D eigenvalue weighted by atomic mass is 10.3. The summed E-state index contributed by atoms with van der Waals surface area (Å²) in [5, 5.41) is 2.85. The number of hydrogen-bond acceptors (Lipinski definition) is 5. The molecule has 5 nitrogen and oxygen atoms in total. The highest BCUT2D eigenvalue weighted by atomic mass is 32.1. The van der Waals surface area contributed by atoms with Crippen molar-refractivity contribution >= 4 is 11.3 Å². The number of thiazole rings is 1. The highest BCUT2D eigenvalue weighted by Crippen LogP contribution is 2.11. The first-order chi connectivity index (χ1) is 8.61. The van der Waals surface area contributed by atoms with Crippen LogP contribution in [0.3, 0.4) is 0 Å². The molecule has 2 heterocycles. The molecule has 0 fully saturated rings. The van der Waals surface area contributed by atoms with Gasteiger partial charge < -0.3 is 4.74 Å². The molecule has 0 N–H and O–H groups in total. The van der Waals surface area contributed by atoms with Gasteiger partial charge >= 0.3 is 0 Å².